The lowest BCUT2D eigenvalue weighted by molar-refractivity contribution is 0.227. The number of rotatable bonds is 8. The zero-order valence-corrected chi connectivity index (χ0v) is 22.1. The van der Waals surface area contributed by atoms with E-state index in [0.717, 1.165) is 31.6 Å². The smallest absolute Gasteiger partial charge is 0.204 e. The maximum Gasteiger partial charge on any atom is 0.204 e. The van der Waals surface area contributed by atoms with Gasteiger partial charge >= 0.3 is 0 Å². The monoisotopic (exact) mass is 512 g/mol. The van der Waals surface area contributed by atoms with Crippen molar-refractivity contribution in [1.82, 2.24) is 0 Å². The molecule has 0 aromatic heterocycles. The van der Waals surface area contributed by atoms with E-state index >= 15 is 0 Å². The van der Waals surface area contributed by atoms with E-state index in [1.807, 2.05) is 24.3 Å². The van der Waals surface area contributed by atoms with Crippen LogP contribution in [0.3, 0.4) is 0 Å². The maximum atomic E-state index is 14.8. The summed E-state index contributed by atoms with van der Waals surface area (Å²) in [5, 5.41) is 0. The molecular formula is C32H39F3O2. The summed E-state index contributed by atoms with van der Waals surface area (Å²) in [4.78, 5) is 0. The van der Waals surface area contributed by atoms with Crippen LogP contribution in [0.2, 0.25) is 0 Å². The lowest BCUT2D eigenvalue weighted by Gasteiger charge is -2.27. The first kappa shape index (κ1) is 27.4. The Labute approximate surface area is 219 Å². The standard InChI is InChI=1S/C32H39F3O2/c1-3-36-29-18-19-30(32(35)31(29)34)37-21-20-28(33)27-16-14-26(15-17-27)25-12-10-24(11-13-25)9-8-23-6-4-22(2)5-7-23/h14-19,22-25,28H,3-7,10-13,20-21H2,1-2H3. The molecule has 2 aromatic rings. The molecule has 0 aliphatic heterocycles. The average Bonchev–Trinajstić information content (AvgIpc) is 2.92. The van der Waals surface area contributed by atoms with E-state index in [0.29, 0.717) is 23.3 Å². The predicted molar refractivity (Wildman–Crippen MR) is 142 cm³/mol. The largest absolute Gasteiger partial charge is 0.491 e. The van der Waals surface area contributed by atoms with Crippen LogP contribution < -0.4 is 9.47 Å². The minimum atomic E-state index is -1.24. The summed E-state index contributed by atoms with van der Waals surface area (Å²) in [6.07, 6.45) is 8.48. The van der Waals surface area contributed by atoms with Gasteiger partial charge in [0.2, 0.25) is 11.6 Å². The zero-order chi connectivity index (χ0) is 26.2. The molecule has 2 fully saturated rings. The highest BCUT2D eigenvalue weighted by Gasteiger charge is 2.23. The summed E-state index contributed by atoms with van der Waals surface area (Å²) in [5.74, 6) is 7.03. The molecule has 2 nitrogen and oxygen atoms in total. The highest BCUT2D eigenvalue weighted by Crippen LogP contribution is 2.37. The molecule has 0 saturated heterocycles. The molecule has 5 heteroatoms. The molecule has 0 amide bonds. The quantitative estimate of drug-likeness (QED) is 0.329. The van der Waals surface area contributed by atoms with Crippen LogP contribution >= 0.6 is 0 Å². The molecular weight excluding hydrogens is 473 g/mol. The second-order valence-corrected chi connectivity index (χ2v) is 10.7. The highest BCUT2D eigenvalue weighted by molar-refractivity contribution is 5.35. The van der Waals surface area contributed by atoms with Crippen molar-refractivity contribution in [3.8, 4) is 23.3 Å². The Morgan fingerprint density at radius 3 is 1.89 bits per heavy atom. The Hall–Kier alpha value is -2.61. The van der Waals surface area contributed by atoms with E-state index in [4.69, 9.17) is 9.47 Å². The van der Waals surface area contributed by atoms with Crippen LogP contribution in [0.4, 0.5) is 13.2 Å². The van der Waals surface area contributed by atoms with Gasteiger partial charge in [0.25, 0.3) is 0 Å². The first-order valence-corrected chi connectivity index (χ1v) is 13.9. The average molecular weight is 513 g/mol. The molecule has 1 atom stereocenters. The molecule has 4 rings (SSSR count). The van der Waals surface area contributed by atoms with Crippen molar-refractivity contribution in [2.75, 3.05) is 13.2 Å². The summed E-state index contributed by atoms with van der Waals surface area (Å²) in [5.41, 5.74) is 1.83. The normalized spacial score (nSPS) is 24.6. The SMILES string of the molecule is CCOc1ccc(OCCC(F)c2ccc(C3CCC(C#CC4CCC(C)CC4)CC3)cc2)c(F)c1F. The highest BCUT2D eigenvalue weighted by atomic mass is 19.2. The van der Waals surface area contributed by atoms with Crippen LogP contribution in [-0.2, 0) is 0 Å². The Kier molecular flexibility index (Phi) is 9.83. The van der Waals surface area contributed by atoms with E-state index in [-0.39, 0.29) is 31.1 Å². The van der Waals surface area contributed by atoms with Gasteiger partial charge in [-0.25, -0.2) is 4.39 Å². The molecule has 0 spiro atoms. The van der Waals surface area contributed by atoms with Crippen LogP contribution in [0.5, 0.6) is 11.5 Å². The number of hydrogen-bond donors (Lipinski definition) is 0. The van der Waals surface area contributed by atoms with Crippen molar-refractivity contribution < 1.29 is 22.6 Å². The van der Waals surface area contributed by atoms with Crippen LogP contribution in [0.15, 0.2) is 36.4 Å². The van der Waals surface area contributed by atoms with Crippen molar-refractivity contribution in [3.63, 3.8) is 0 Å². The Balaban J connectivity index is 1.22. The summed E-state index contributed by atoms with van der Waals surface area (Å²) >= 11 is 0. The van der Waals surface area contributed by atoms with Crippen molar-refractivity contribution in [2.24, 2.45) is 17.8 Å². The molecule has 2 aliphatic carbocycles. The van der Waals surface area contributed by atoms with Gasteiger partial charge in [0.1, 0.15) is 6.17 Å². The first-order valence-electron chi connectivity index (χ1n) is 13.9. The molecule has 1 unspecified atom stereocenters. The van der Waals surface area contributed by atoms with Gasteiger partial charge in [0.15, 0.2) is 11.5 Å². The zero-order valence-electron chi connectivity index (χ0n) is 22.1. The lowest BCUT2D eigenvalue weighted by Crippen LogP contribution is -2.14. The van der Waals surface area contributed by atoms with Crippen LogP contribution in [-0.4, -0.2) is 13.2 Å². The number of hydrogen-bond acceptors (Lipinski definition) is 2. The number of ether oxygens (including phenoxy) is 2. The lowest BCUT2D eigenvalue weighted by atomic mass is 9.78. The second kappa shape index (κ2) is 13.3. The fourth-order valence-corrected chi connectivity index (χ4v) is 5.52. The van der Waals surface area contributed by atoms with Gasteiger partial charge < -0.3 is 9.47 Å². The molecule has 0 heterocycles. The fraction of sp³-hybridized carbons (Fsp3) is 0.562. The fourth-order valence-electron chi connectivity index (χ4n) is 5.52. The van der Waals surface area contributed by atoms with Crippen molar-refractivity contribution in [2.45, 2.75) is 83.7 Å². The molecule has 37 heavy (non-hydrogen) atoms. The van der Waals surface area contributed by atoms with Gasteiger partial charge in [-0.15, -0.1) is 0 Å². The molecule has 0 N–H and O–H groups in total. The third-order valence-corrected chi connectivity index (χ3v) is 7.94. The van der Waals surface area contributed by atoms with Crippen LogP contribution in [0.25, 0.3) is 0 Å². The number of benzene rings is 2. The summed E-state index contributed by atoms with van der Waals surface area (Å²) in [6, 6.07) is 10.4. The van der Waals surface area contributed by atoms with Gasteiger partial charge in [0.05, 0.1) is 13.2 Å². The van der Waals surface area contributed by atoms with E-state index in [1.165, 1.54) is 43.4 Å². The number of alkyl halides is 1. The van der Waals surface area contributed by atoms with Crippen molar-refractivity contribution in [1.29, 1.82) is 0 Å². The van der Waals surface area contributed by atoms with Crippen molar-refractivity contribution in [3.05, 3.63) is 59.2 Å². The molecule has 0 bridgehead atoms. The summed E-state index contributed by atoms with van der Waals surface area (Å²) < 4.78 is 53.2. The molecule has 200 valence electrons. The van der Waals surface area contributed by atoms with E-state index in [9.17, 15) is 13.2 Å². The first-order chi connectivity index (χ1) is 17.9. The third-order valence-electron chi connectivity index (χ3n) is 7.94. The van der Waals surface area contributed by atoms with Crippen LogP contribution in [0.1, 0.15) is 94.9 Å². The molecule has 2 saturated carbocycles. The molecule has 2 aromatic carbocycles. The van der Waals surface area contributed by atoms with Gasteiger partial charge in [-0.3, -0.25) is 0 Å². The van der Waals surface area contributed by atoms with E-state index in [1.54, 1.807) is 6.92 Å². The van der Waals surface area contributed by atoms with Gasteiger partial charge in [-0.1, -0.05) is 43.0 Å². The van der Waals surface area contributed by atoms with Gasteiger partial charge in [-0.2, -0.15) is 8.78 Å². The van der Waals surface area contributed by atoms with Gasteiger partial charge in [-0.05, 0) is 93.4 Å². The third kappa shape index (κ3) is 7.46. The maximum absolute atomic E-state index is 14.8. The van der Waals surface area contributed by atoms with Crippen molar-refractivity contribution >= 4 is 0 Å². The molecule has 2 aliphatic rings. The minimum absolute atomic E-state index is 0.0529. The van der Waals surface area contributed by atoms with E-state index < -0.39 is 17.8 Å². The molecule has 0 radical (unpaired) electrons. The number of halogens is 3. The van der Waals surface area contributed by atoms with Gasteiger partial charge in [0, 0.05) is 18.3 Å². The predicted octanol–water partition coefficient (Wildman–Crippen LogP) is 8.95. The van der Waals surface area contributed by atoms with E-state index in [2.05, 4.69) is 18.8 Å². The topological polar surface area (TPSA) is 18.5 Å². The Morgan fingerprint density at radius 2 is 1.32 bits per heavy atom. The summed E-state index contributed by atoms with van der Waals surface area (Å²) in [6.45, 7) is 4.21. The summed E-state index contributed by atoms with van der Waals surface area (Å²) in [7, 11) is 0. The Bertz CT molecular complexity index is 1060. The van der Waals surface area contributed by atoms with Crippen LogP contribution in [0, 0.1) is 41.2 Å². The minimum Gasteiger partial charge on any atom is -0.491 e. The second-order valence-electron chi connectivity index (χ2n) is 10.7. The Morgan fingerprint density at radius 1 is 0.784 bits per heavy atom.